The summed E-state index contributed by atoms with van der Waals surface area (Å²) in [6.07, 6.45) is 3.69. The van der Waals surface area contributed by atoms with Crippen LogP contribution in [-0.2, 0) is 6.54 Å². The summed E-state index contributed by atoms with van der Waals surface area (Å²) in [6.45, 7) is 1.82. The number of nitrogens with two attached hydrogens (primary N) is 1. The van der Waals surface area contributed by atoms with Crippen molar-refractivity contribution in [1.29, 1.82) is 0 Å². The maximum atomic E-state index is 12.6. The second-order valence-corrected chi connectivity index (χ2v) is 5.22. The van der Waals surface area contributed by atoms with Crippen LogP contribution in [0.3, 0.4) is 0 Å². The quantitative estimate of drug-likeness (QED) is 0.916. The van der Waals surface area contributed by atoms with E-state index in [2.05, 4.69) is 22.4 Å². The van der Waals surface area contributed by atoms with Gasteiger partial charge in [0.1, 0.15) is 0 Å². The molecule has 1 amide bonds. The molecule has 1 aliphatic heterocycles. The van der Waals surface area contributed by atoms with Crippen molar-refractivity contribution < 1.29 is 4.79 Å². The van der Waals surface area contributed by atoms with Crippen LogP contribution in [0, 0.1) is 0 Å². The van der Waals surface area contributed by atoms with Crippen LogP contribution < -0.4 is 5.73 Å². The van der Waals surface area contributed by atoms with Crippen molar-refractivity contribution >= 4 is 5.91 Å². The van der Waals surface area contributed by atoms with Gasteiger partial charge >= 0.3 is 0 Å². The van der Waals surface area contributed by atoms with Crippen molar-refractivity contribution in [3.63, 3.8) is 0 Å². The first kappa shape index (κ1) is 13.8. The summed E-state index contributed by atoms with van der Waals surface area (Å²) < 4.78 is 1.61. The van der Waals surface area contributed by atoms with Crippen molar-refractivity contribution in [3.8, 4) is 0 Å². The van der Waals surface area contributed by atoms with Crippen molar-refractivity contribution in [2.45, 2.75) is 25.4 Å². The normalized spacial score (nSPS) is 18.1. The van der Waals surface area contributed by atoms with Crippen molar-refractivity contribution in [2.24, 2.45) is 5.73 Å². The highest BCUT2D eigenvalue weighted by atomic mass is 16.2. The minimum atomic E-state index is -0.0513. The highest BCUT2D eigenvalue weighted by molar-refractivity contribution is 5.92. The molecule has 110 valence electrons. The summed E-state index contributed by atoms with van der Waals surface area (Å²) in [7, 11) is 0. The number of benzene rings is 1. The van der Waals surface area contributed by atoms with E-state index < -0.39 is 0 Å². The Balaban J connectivity index is 1.79. The van der Waals surface area contributed by atoms with Crippen molar-refractivity contribution in [1.82, 2.24) is 19.9 Å². The third-order valence-corrected chi connectivity index (χ3v) is 3.81. The largest absolute Gasteiger partial charge is 0.330 e. The van der Waals surface area contributed by atoms with Gasteiger partial charge in [0, 0.05) is 13.1 Å². The molecule has 1 aromatic heterocycles. The van der Waals surface area contributed by atoms with Gasteiger partial charge in [-0.25, -0.2) is 0 Å². The molecule has 0 spiro atoms. The average Bonchev–Trinajstić information content (AvgIpc) is 3.17. The van der Waals surface area contributed by atoms with Gasteiger partial charge in [-0.05, 0) is 18.4 Å². The van der Waals surface area contributed by atoms with Crippen LogP contribution in [0.5, 0.6) is 0 Å². The molecule has 6 heteroatoms. The lowest BCUT2D eigenvalue weighted by Crippen LogP contribution is -2.30. The third-order valence-electron chi connectivity index (χ3n) is 3.81. The molecule has 1 aliphatic rings. The van der Waals surface area contributed by atoms with Crippen LogP contribution in [0.1, 0.15) is 34.9 Å². The first-order valence-corrected chi connectivity index (χ1v) is 7.25. The average molecular weight is 285 g/mol. The predicted octanol–water partition coefficient (Wildman–Crippen LogP) is 1.21. The summed E-state index contributed by atoms with van der Waals surface area (Å²) in [5, 5.41) is 7.91. The Bertz CT molecular complexity index is 610. The van der Waals surface area contributed by atoms with E-state index >= 15 is 0 Å². The Hall–Kier alpha value is -2.21. The van der Waals surface area contributed by atoms with Crippen LogP contribution in [0.2, 0.25) is 0 Å². The predicted molar refractivity (Wildman–Crippen MR) is 78.5 cm³/mol. The number of nitrogens with zero attached hydrogens (tertiary/aromatic N) is 4. The topological polar surface area (TPSA) is 77.0 Å². The molecule has 2 aromatic rings. The third kappa shape index (κ3) is 2.80. The van der Waals surface area contributed by atoms with E-state index in [1.807, 2.05) is 23.1 Å². The fraction of sp³-hybridized carbons (Fsp3) is 0.400. The number of carbonyl (C=O) groups is 1. The molecule has 1 saturated heterocycles. The van der Waals surface area contributed by atoms with Gasteiger partial charge in [0.2, 0.25) is 0 Å². The maximum Gasteiger partial charge on any atom is 0.276 e. The van der Waals surface area contributed by atoms with Crippen molar-refractivity contribution in [3.05, 3.63) is 47.8 Å². The molecule has 1 unspecified atom stereocenters. The van der Waals surface area contributed by atoms with E-state index in [1.165, 1.54) is 5.56 Å². The number of carbonyl (C=O) groups excluding carboxylic acids is 1. The molecule has 6 nitrogen and oxygen atoms in total. The molecule has 1 aromatic carbocycles. The Morgan fingerprint density at radius 1 is 1.33 bits per heavy atom. The van der Waals surface area contributed by atoms with Gasteiger partial charge in [-0.3, -0.25) is 9.48 Å². The SMILES string of the molecule is NCCn1cc(C(=O)N2CCCC2c2ccccc2)nn1. The summed E-state index contributed by atoms with van der Waals surface area (Å²) in [6, 6.07) is 10.3. The number of hydrogen-bond acceptors (Lipinski definition) is 4. The zero-order chi connectivity index (χ0) is 14.7. The second kappa shape index (κ2) is 6.05. The van der Waals surface area contributed by atoms with E-state index in [1.54, 1.807) is 10.9 Å². The minimum absolute atomic E-state index is 0.0513. The van der Waals surface area contributed by atoms with E-state index in [0.717, 1.165) is 19.4 Å². The molecule has 2 N–H and O–H groups in total. The van der Waals surface area contributed by atoms with Crippen LogP contribution in [0.15, 0.2) is 36.5 Å². The van der Waals surface area contributed by atoms with E-state index in [0.29, 0.717) is 18.8 Å². The van der Waals surface area contributed by atoms with Gasteiger partial charge in [-0.1, -0.05) is 35.5 Å². The van der Waals surface area contributed by atoms with Gasteiger partial charge in [-0.2, -0.15) is 0 Å². The molecule has 1 atom stereocenters. The molecule has 0 bridgehead atoms. The lowest BCUT2D eigenvalue weighted by molar-refractivity contribution is 0.0729. The first-order valence-electron chi connectivity index (χ1n) is 7.25. The Morgan fingerprint density at radius 3 is 2.90 bits per heavy atom. The Labute approximate surface area is 123 Å². The van der Waals surface area contributed by atoms with Crippen LogP contribution >= 0.6 is 0 Å². The number of likely N-dealkylation sites (tertiary alicyclic amines) is 1. The lowest BCUT2D eigenvalue weighted by Gasteiger charge is -2.24. The molecule has 0 radical (unpaired) electrons. The van der Waals surface area contributed by atoms with Gasteiger partial charge in [0.05, 0.1) is 18.8 Å². The molecule has 21 heavy (non-hydrogen) atoms. The maximum absolute atomic E-state index is 12.6. The molecular formula is C15H19N5O. The Kier molecular flexibility index (Phi) is 3.96. The molecular weight excluding hydrogens is 266 g/mol. The molecule has 2 heterocycles. The van der Waals surface area contributed by atoms with Gasteiger partial charge < -0.3 is 10.6 Å². The second-order valence-electron chi connectivity index (χ2n) is 5.22. The number of rotatable bonds is 4. The van der Waals surface area contributed by atoms with Gasteiger partial charge in [0.15, 0.2) is 5.69 Å². The molecule has 3 rings (SSSR count). The number of amides is 1. The highest BCUT2D eigenvalue weighted by Gasteiger charge is 2.31. The van der Waals surface area contributed by atoms with Crippen LogP contribution in [-0.4, -0.2) is 38.9 Å². The van der Waals surface area contributed by atoms with Gasteiger partial charge in [0.25, 0.3) is 5.91 Å². The fourth-order valence-corrected chi connectivity index (χ4v) is 2.82. The molecule has 0 aliphatic carbocycles. The van der Waals surface area contributed by atoms with Gasteiger partial charge in [-0.15, -0.1) is 5.10 Å². The van der Waals surface area contributed by atoms with Crippen LogP contribution in [0.4, 0.5) is 0 Å². The monoisotopic (exact) mass is 285 g/mol. The van der Waals surface area contributed by atoms with E-state index in [4.69, 9.17) is 5.73 Å². The smallest absolute Gasteiger partial charge is 0.276 e. The summed E-state index contributed by atoms with van der Waals surface area (Å²) in [5.41, 5.74) is 7.06. The van der Waals surface area contributed by atoms with Crippen molar-refractivity contribution in [2.75, 3.05) is 13.1 Å². The number of hydrogen-bond donors (Lipinski definition) is 1. The highest BCUT2D eigenvalue weighted by Crippen LogP contribution is 2.32. The first-order chi connectivity index (χ1) is 10.3. The Morgan fingerprint density at radius 2 is 2.14 bits per heavy atom. The summed E-state index contributed by atoms with van der Waals surface area (Å²) in [4.78, 5) is 14.5. The van der Waals surface area contributed by atoms with Crippen LogP contribution in [0.25, 0.3) is 0 Å². The lowest BCUT2D eigenvalue weighted by atomic mass is 10.0. The molecule has 1 fully saturated rings. The molecule has 0 saturated carbocycles. The fourth-order valence-electron chi connectivity index (χ4n) is 2.82. The summed E-state index contributed by atoms with van der Waals surface area (Å²) in [5.74, 6) is -0.0513. The zero-order valence-corrected chi connectivity index (χ0v) is 11.9. The standard InChI is InChI=1S/C15H19N5O/c16-8-10-19-11-13(17-18-19)15(21)20-9-4-7-14(20)12-5-2-1-3-6-12/h1-3,5-6,11,14H,4,7-10,16H2. The summed E-state index contributed by atoms with van der Waals surface area (Å²) >= 11 is 0. The minimum Gasteiger partial charge on any atom is -0.330 e. The van der Waals surface area contributed by atoms with E-state index in [-0.39, 0.29) is 11.9 Å². The van der Waals surface area contributed by atoms with E-state index in [9.17, 15) is 4.79 Å². The zero-order valence-electron chi connectivity index (χ0n) is 11.9. The number of aromatic nitrogens is 3.